The van der Waals surface area contributed by atoms with E-state index in [0.717, 1.165) is 0 Å². The SMILES string of the molecule is C#CCN(CCCS(=O)(=O)CC)CC(=O)O. The minimum Gasteiger partial charge on any atom is -0.480 e. The highest BCUT2D eigenvalue weighted by atomic mass is 32.2. The fourth-order valence-electron chi connectivity index (χ4n) is 1.19. The van der Waals surface area contributed by atoms with Crippen molar-refractivity contribution >= 4 is 15.8 Å². The highest BCUT2D eigenvalue weighted by Gasteiger charge is 2.11. The number of aliphatic carboxylic acids is 1. The number of carboxylic acids is 1. The number of sulfone groups is 1. The Balaban J connectivity index is 4.04. The summed E-state index contributed by atoms with van der Waals surface area (Å²) in [5.74, 6) is 1.57. The third-order valence-electron chi connectivity index (χ3n) is 2.04. The van der Waals surface area contributed by atoms with Crippen LogP contribution in [0, 0.1) is 12.3 Å². The van der Waals surface area contributed by atoms with Crippen LogP contribution in [0.25, 0.3) is 0 Å². The molecule has 0 aromatic rings. The summed E-state index contributed by atoms with van der Waals surface area (Å²) in [6, 6.07) is 0. The minimum atomic E-state index is -2.98. The monoisotopic (exact) mass is 247 g/mol. The average molecular weight is 247 g/mol. The van der Waals surface area contributed by atoms with Crippen LogP contribution < -0.4 is 0 Å². The molecule has 16 heavy (non-hydrogen) atoms. The van der Waals surface area contributed by atoms with Crippen LogP contribution in [-0.4, -0.2) is 55.5 Å². The van der Waals surface area contributed by atoms with Crippen molar-refractivity contribution in [1.82, 2.24) is 4.90 Å². The average Bonchev–Trinajstić information content (AvgIpc) is 2.17. The Bertz CT molecular complexity index is 356. The number of hydrogen-bond donors (Lipinski definition) is 1. The smallest absolute Gasteiger partial charge is 0.317 e. The first-order chi connectivity index (χ1) is 7.41. The van der Waals surface area contributed by atoms with Gasteiger partial charge < -0.3 is 5.11 Å². The van der Waals surface area contributed by atoms with Gasteiger partial charge in [-0.15, -0.1) is 6.42 Å². The highest BCUT2D eigenvalue weighted by molar-refractivity contribution is 7.91. The number of hydrogen-bond acceptors (Lipinski definition) is 4. The molecule has 5 nitrogen and oxygen atoms in total. The van der Waals surface area contributed by atoms with Gasteiger partial charge in [-0.2, -0.15) is 0 Å². The molecule has 1 N–H and O–H groups in total. The summed E-state index contributed by atoms with van der Waals surface area (Å²) in [4.78, 5) is 12.0. The normalized spacial score (nSPS) is 11.3. The van der Waals surface area contributed by atoms with E-state index in [2.05, 4.69) is 5.92 Å². The Morgan fingerprint density at radius 2 is 2.12 bits per heavy atom. The zero-order valence-corrected chi connectivity index (χ0v) is 10.2. The molecule has 0 amide bonds. The zero-order valence-electron chi connectivity index (χ0n) is 9.35. The molecule has 0 spiro atoms. The molecule has 0 saturated carbocycles. The van der Waals surface area contributed by atoms with Crippen molar-refractivity contribution in [3.05, 3.63) is 0 Å². The molecule has 0 aromatic heterocycles. The molecule has 0 unspecified atom stereocenters. The molecule has 0 fully saturated rings. The van der Waals surface area contributed by atoms with Crippen molar-refractivity contribution in [2.75, 3.05) is 31.1 Å². The van der Waals surface area contributed by atoms with Crippen molar-refractivity contribution in [2.45, 2.75) is 13.3 Å². The lowest BCUT2D eigenvalue weighted by Crippen LogP contribution is -2.32. The number of carbonyl (C=O) groups is 1. The van der Waals surface area contributed by atoms with Crippen LogP contribution in [0.2, 0.25) is 0 Å². The second-order valence-corrected chi connectivity index (χ2v) is 5.87. The fraction of sp³-hybridized carbons (Fsp3) is 0.700. The third kappa shape index (κ3) is 7.26. The molecular weight excluding hydrogens is 230 g/mol. The van der Waals surface area contributed by atoms with E-state index in [1.165, 1.54) is 4.90 Å². The van der Waals surface area contributed by atoms with Gasteiger partial charge in [-0.05, 0) is 6.42 Å². The minimum absolute atomic E-state index is 0.0736. The van der Waals surface area contributed by atoms with Crippen molar-refractivity contribution < 1.29 is 18.3 Å². The van der Waals surface area contributed by atoms with Crippen LogP contribution in [0.3, 0.4) is 0 Å². The fourth-order valence-corrected chi connectivity index (χ4v) is 2.04. The van der Waals surface area contributed by atoms with Crippen LogP contribution >= 0.6 is 0 Å². The molecule has 0 bridgehead atoms. The maximum absolute atomic E-state index is 11.2. The van der Waals surface area contributed by atoms with Gasteiger partial charge in [0, 0.05) is 12.3 Å². The van der Waals surface area contributed by atoms with Gasteiger partial charge in [-0.25, -0.2) is 8.42 Å². The highest BCUT2D eigenvalue weighted by Crippen LogP contribution is 1.97. The molecule has 0 radical (unpaired) electrons. The van der Waals surface area contributed by atoms with E-state index in [-0.39, 0.29) is 24.6 Å². The topological polar surface area (TPSA) is 74.7 Å². The van der Waals surface area contributed by atoms with Gasteiger partial charge in [0.25, 0.3) is 0 Å². The van der Waals surface area contributed by atoms with Gasteiger partial charge in [0.2, 0.25) is 0 Å². The molecule has 6 heteroatoms. The summed E-state index contributed by atoms with van der Waals surface area (Å²) in [5.41, 5.74) is 0. The zero-order chi connectivity index (χ0) is 12.6. The Morgan fingerprint density at radius 3 is 2.56 bits per heavy atom. The maximum atomic E-state index is 11.2. The van der Waals surface area contributed by atoms with E-state index < -0.39 is 15.8 Å². The number of nitrogens with zero attached hydrogens (tertiary/aromatic N) is 1. The molecule has 0 aliphatic heterocycles. The second kappa shape index (κ2) is 7.25. The van der Waals surface area contributed by atoms with E-state index >= 15 is 0 Å². The van der Waals surface area contributed by atoms with Crippen LogP contribution in [0.1, 0.15) is 13.3 Å². The molecule has 0 atom stereocenters. The first-order valence-electron chi connectivity index (χ1n) is 4.99. The summed E-state index contributed by atoms with van der Waals surface area (Å²) < 4.78 is 22.4. The molecule has 0 rings (SSSR count). The van der Waals surface area contributed by atoms with Gasteiger partial charge >= 0.3 is 5.97 Å². The lowest BCUT2D eigenvalue weighted by molar-refractivity contribution is -0.138. The Labute approximate surface area is 96.4 Å². The van der Waals surface area contributed by atoms with Crippen LogP contribution in [0.4, 0.5) is 0 Å². The number of carboxylic acid groups (broad SMARTS) is 1. The Kier molecular flexibility index (Phi) is 6.77. The summed E-state index contributed by atoms with van der Waals surface area (Å²) in [7, 11) is -2.98. The Morgan fingerprint density at radius 1 is 1.50 bits per heavy atom. The molecule has 0 aliphatic carbocycles. The standard InChI is InChI=1S/C10H17NO4S/c1-3-6-11(9-10(12)13)7-5-8-16(14,15)4-2/h1H,4-9H2,2H3,(H,12,13). The quantitative estimate of drug-likeness (QED) is 0.603. The summed E-state index contributed by atoms with van der Waals surface area (Å²) in [5, 5.41) is 8.59. The predicted molar refractivity (Wildman–Crippen MR) is 61.9 cm³/mol. The van der Waals surface area contributed by atoms with Crippen LogP contribution in [0.15, 0.2) is 0 Å². The molecule has 0 saturated heterocycles. The lowest BCUT2D eigenvalue weighted by atomic mass is 10.4. The van der Waals surface area contributed by atoms with Gasteiger partial charge in [0.05, 0.1) is 18.8 Å². The summed E-state index contributed by atoms with van der Waals surface area (Å²) in [6.07, 6.45) is 5.49. The second-order valence-electron chi connectivity index (χ2n) is 3.40. The van der Waals surface area contributed by atoms with E-state index in [0.29, 0.717) is 13.0 Å². The van der Waals surface area contributed by atoms with Crippen molar-refractivity contribution in [3.8, 4) is 12.3 Å². The largest absolute Gasteiger partial charge is 0.480 e. The van der Waals surface area contributed by atoms with Crippen molar-refractivity contribution in [3.63, 3.8) is 0 Å². The predicted octanol–water partition coefficient (Wildman–Crippen LogP) is -0.169. The van der Waals surface area contributed by atoms with Crippen LogP contribution in [0.5, 0.6) is 0 Å². The van der Waals surface area contributed by atoms with E-state index in [1.54, 1.807) is 6.92 Å². The van der Waals surface area contributed by atoms with Gasteiger partial charge in [-0.3, -0.25) is 9.69 Å². The first-order valence-corrected chi connectivity index (χ1v) is 6.81. The number of rotatable bonds is 8. The summed E-state index contributed by atoms with van der Waals surface area (Å²) in [6.45, 7) is 2.04. The van der Waals surface area contributed by atoms with Gasteiger partial charge in [0.1, 0.15) is 9.84 Å². The van der Waals surface area contributed by atoms with Gasteiger partial charge in [0.15, 0.2) is 0 Å². The van der Waals surface area contributed by atoms with E-state index in [9.17, 15) is 13.2 Å². The third-order valence-corrected chi connectivity index (χ3v) is 3.83. The first kappa shape index (κ1) is 14.9. The van der Waals surface area contributed by atoms with E-state index in [4.69, 9.17) is 11.5 Å². The lowest BCUT2D eigenvalue weighted by Gasteiger charge is -2.16. The molecule has 0 aromatic carbocycles. The molecule has 92 valence electrons. The van der Waals surface area contributed by atoms with Crippen molar-refractivity contribution in [2.24, 2.45) is 0 Å². The molecular formula is C10H17NO4S. The summed E-state index contributed by atoms with van der Waals surface area (Å²) >= 11 is 0. The van der Waals surface area contributed by atoms with Crippen LogP contribution in [-0.2, 0) is 14.6 Å². The van der Waals surface area contributed by atoms with Crippen molar-refractivity contribution in [1.29, 1.82) is 0 Å². The number of terminal acetylenes is 1. The molecule has 0 heterocycles. The Hall–Kier alpha value is -1.06. The molecule has 0 aliphatic rings. The maximum Gasteiger partial charge on any atom is 0.317 e. The van der Waals surface area contributed by atoms with E-state index in [1.807, 2.05) is 0 Å². The van der Waals surface area contributed by atoms with Gasteiger partial charge in [-0.1, -0.05) is 12.8 Å².